The molecular formula is C23H16BrNO5S. The Balaban J connectivity index is 1.62. The molecule has 0 saturated carbocycles. The number of aliphatic carboxylic acids is 1. The molecule has 1 fully saturated rings. The normalized spacial score (nSPS) is 15.1. The number of fused-ring (bicyclic) bond motifs is 1. The van der Waals surface area contributed by atoms with Crippen LogP contribution < -0.4 is 4.74 Å². The molecule has 0 aromatic heterocycles. The van der Waals surface area contributed by atoms with E-state index in [2.05, 4.69) is 15.9 Å². The summed E-state index contributed by atoms with van der Waals surface area (Å²) >= 11 is 4.21. The molecule has 1 aliphatic rings. The first-order valence-electron chi connectivity index (χ1n) is 9.28. The number of hydrogen-bond donors (Lipinski definition) is 1. The third-order valence-electron chi connectivity index (χ3n) is 4.69. The van der Waals surface area contributed by atoms with Crippen molar-refractivity contribution in [1.82, 2.24) is 4.90 Å². The number of rotatable bonds is 6. The van der Waals surface area contributed by atoms with E-state index in [0.29, 0.717) is 11.3 Å². The molecule has 4 rings (SSSR count). The van der Waals surface area contributed by atoms with Crippen LogP contribution in [0.1, 0.15) is 11.1 Å². The van der Waals surface area contributed by atoms with E-state index in [1.807, 2.05) is 42.5 Å². The lowest BCUT2D eigenvalue weighted by Crippen LogP contribution is -2.27. The van der Waals surface area contributed by atoms with Crippen LogP contribution in [0.4, 0.5) is 4.79 Å². The quantitative estimate of drug-likeness (QED) is 0.465. The topological polar surface area (TPSA) is 83.9 Å². The van der Waals surface area contributed by atoms with E-state index in [1.165, 1.54) is 4.90 Å². The Morgan fingerprint density at radius 2 is 1.87 bits per heavy atom. The number of nitrogens with zero attached hydrogens (tertiary/aromatic N) is 1. The molecule has 0 spiro atoms. The van der Waals surface area contributed by atoms with Crippen molar-refractivity contribution in [2.45, 2.75) is 6.54 Å². The third-order valence-corrected chi connectivity index (χ3v) is 6.09. The van der Waals surface area contributed by atoms with Gasteiger partial charge >= 0.3 is 5.97 Å². The zero-order chi connectivity index (χ0) is 22.0. The molecule has 156 valence electrons. The molecular weight excluding hydrogens is 482 g/mol. The van der Waals surface area contributed by atoms with Gasteiger partial charge in [-0.1, -0.05) is 58.4 Å². The predicted molar refractivity (Wildman–Crippen MR) is 123 cm³/mol. The number of hydrogen-bond acceptors (Lipinski definition) is 5. The second-order valence-corrected chi connectivity index (χ2v) is 8.68. The van der Waals surface area contributed by atoms with E-state index in [-0.39, 0.29) is 16.7 Å². The number of halogens is 1. The number of carbonyl (C=O) groups excluding carboxylic acids is 2. The molecule has 0 atom stereocenters. The highest BCUT2D eigenvalue weighted by Crippen LogP contribution is 2.36. The van der Waals surface area contributed by atoms with Crippen LogP contribution >= 0.6 is 27.7 Å². The van der Waals surface area contributed by atoms with E-state index >= 15 is 0 Å². The molecule has 0 aliphatic carbocycles. The van der Waals surface area contributed by atoms with Crippen LogP contribution in [0.2, 0.25) is 0 Å². The number of amides is 2. The SMILES string of the molecule is O=C(O)COc1ccc(Br)cc1/C=C1\SC(=O)N(Cc2cccc3ccccc23)C1=O. The lowest BCUT2D eigenvalue weighted by molar-refractivity contribution is -0.139. The van der Waals surface area contributed by atoms with Crippen molar-refractivity contribution in [3.8, 4) is 5.75 Å². The van der Waals surface area contributed by atoms with Gasteiger partial charge in [0.2, 0.25) is 0 Å². The minimum absolute atomic E-state index is 0.171. The first kappa shape index (κ1) is 21.1. The Bertz CT molecular complexity index is 1230. The molecule has 31 heavy (non-hydrogen) atoms. The van der Waals surface area contributed by atoms with E-state index in [9.17, 15) is 14.4 Å². The van der Waals surface area contributed by atoms with Gasteiger partial charge in [-0.2, -0.15) is 0 Å². The van der Waals surface area contributed by atoms with Gasteiger partial charge in [0.1, 0.15) is 5.75 Å². The molecule has 8 heteroatoms. The zero-order valence-corrected chi connectivity index (χ0v) is 18.5. The number of carbonyl (C=O) groups is 3. The second-order valence-electron chi connectivity index (χ2n) is 6.77. The van der Waals surface area contributed by atoms with Crippen LogP contribution in [-0.4, -0.2) is 33.7 Å². The van der Waals surface area contributed by atoms with Crippen LogP contribution in [0, 0.1) is 0 Å². The van der Waals surface area contributed by atoms with Crippen LogP contribution in [0.15, 0.2) is 70.0 Å². The molecule has 1 N–H and O–H groups in total. The lowest BCUT2D eigenvalue weighted by Gasteiger charge is -2.14. The number of ether oxygens (including phenoxy) is 1. The van der Waals surface area contributed by atoms with Crippen LogP contribution in [-0.2, 0) is 16.1 Å². The van der Waals surface area contributed by atoms with Crippen molar-refractivity contribution in [2.24, 2.45) is 0 Å². The minimum Gasteiger partial charge on any atom is -0.481 e. The number of thioether (sulfide) groups is 1. The number of carboxylic acid groups (broad SMARTS) is 1. The van der Waals surface area contributed by atoms with Crippen molar-refractivity contribution in [2.75, 3.05) is 6.61 Å². The van der Waals surface area contributed by atoms with Gasteiger partial charge in [0.25, 0.3) is 11.1 Å². The third kappa shape index (κ3) is 4.65. The summed E-state index contributed by atoms with van der Waals surface area (Å²) in [6, 6.07) is 18.6. The molecule has 1 heterocycles. The zero-order valence-electron chi connectivity index (χ0n) is 16.1. The van der Waals surface area contributed by atoms with Gasteiger partial charge in [0, 0.05) is 10.0 Å². The van der Waals surface area contributed by atoms with Gasteiger partial charge < -0.3 is 9.84 Å². The van der Waals surface area contributed by atoms with E-state index in [1.54, 1.807) is 24.3 Å². The van der Waals surface area contributed by atoms with E-state index < -0.39 is 18.5 Å². The Kier molecular flexibility index (Phi) is 6.11. The maximum absolute atomic E-state index is 13.0. The fourth-order valence-electron chi connectivity index (χ4n) is 3.28. The van der Waals surface area contributed by atoms with Gasteiger partial charge in [-0.05, 0) is 52.4 Å². The number of benzene rings is 3. The van der Waals surface area contributed by atoms with E-state index in [4.69, 9.17) is 9.84 Å². The highest BCUT2D eigenvalue weighted by atomic mass is 79.9. The monoisotopic (exact) mass is 497 g/mol. The summed E-state index contributed by atoms with van der Waals surface area (Å²) in [6.07, 6.45) is 1.55. The molecule has 0 bridgehead atoms. The smallest absolute Gasteiger partial charge is 0.341 e. The van der Waals surface area contributed by atoms with Crippen molar-refractivity contribution < 1.29 is 24.2 Å². The molecule has 6 nitrogen and oxygen atoms in total. The highest BCUT2D eigenvalue weighted by Gasteiger charge is 2.35. The summed E-state index contributed by atoms with van der Waals surface area (Å²) in [5.74, 6) is -1.19. The summed E-state index contributed by atoms with van der Waals surface area (Å²) in [5, 5.41) is 10.5. The van der Waals surface area contributed by atoms with Crippen LogP contribution in [0.25, 0.3) is 16.8 Å². The fourth-order valence-corrected chi connectivity index (χ4v) is 4.49. The number of imide groups is 1. The van der Waals surface area contributed by atoms with Gasteiger partial charge in [-0.25, -0.2) is 4.79 Å². The molecule has 3 aromatic rings. The summed E-state index contributed by atoms with van der Waals surface area (Å²) in [4.78, 5) is 37.9. The first-order chi connectivity index (χ1) is 14.9. The van der Waals surface area contributed by atoms with Crippen molar-refractivity contribution in [1.29, 1.82) is 0 Å². The standard InChI is InChI=1S/C23H16BrNO5S/c24-17-8-9-19(30-13-21(26)27)16(10-17)11-20-22(28)25(23(29)31-20)12-15-6-3-5-14-4-1-2-7-18(14)15/h1-11H,12-13H2,(H,26,27)/b20-11-. The van der Waals surface area contributed by atoms with E-state index in [0.717, 1.165) is 32.6 Å². The minimum atomic E-state index is -1.11. The summed E-state index contributed by atoms with van der Waals surface area (Å²) in [6.45, 7) is -0.338. The van der Waals surface area contributed by atoms with Crippen molar-refractivity contribution in [3.05, 3.63) is 81.2 Å². The largest absolute Gasteiger partial charge is 0.481 e. The van der Waals surface area contributed by atoms with Gasteiger partial charge in [0.05, 0.1) is 11.4 Å². The molecule has 0 unspecified atom stereocenters. The molecule has 3 aromatic carbocycles. The number of carboxylic acids is 1. The maximum atomic E-state index is 13.0. The maximum Gasteiger partial charge on any atom is 0.341 e. The molecule has 1 saturated heterocycles. The average Bonchev–Trinajstić information content (AvgIpc) is 3.00. The first-order valence-corrected chi connectivity index (χ1v) is 10.9. The summed E-state index contributed by atoms with van der Waals surface area (Å²) in [5.41, 5.74) is 1.39. The lowest BCUT2D eigenvalue weighted by atomic mass is 10.0. The average molecular weight is 498 g/mol. The fraction of sp³-hybridized carbons (Fsp3) is 0.0870. The van der Waals surface area contributed by atoms with Gasteiger partial charge in [-0.3, -0.25) is 14.5 Å². The van der Waals surface area contributed by atoms with Crippen molar-refractivity contribution >= 4 is 61.7 Å². The Morgan fingerprint density at radius 3 is 2.68 bits per heavy atom. The molecule has 2 amide bonds. The molecule has 0 radical (unpaired) electrons. The van der Waals surface area contributed by atoms with Gasteiger partial charge in [0.15, 0.2) is 6.61 Å². The summed E-state index contributed by atoms with van der Waals surface area (Å²) in [7, 11) is 0. The summed E-state index contributed by atoms with van der Waals surface area (Å²) < 4.78 is 6.05. The highest BCUT2D eigenvalue weighted by molar-refractivity contribution is 9.10. The van der Waals surface area contributed by atoms with Crippen LogP contribution in [0.3, 0.4) is 0 Å². The second kappa shape index (κ2) is 8.95. The van der Waals surface area contributed by atoms with Gasteiger partial charge in [-0.15, -0.1) is 0 Å². The van der Waals surface area contributed by atoms with Crippen LogP contribution in [0.5, 0.6) is 5.75 Å². The molecule has 1 aliphatic heterocycles. The Labute approximate surface area is 190 Å². The van der Waals surface area contributed by atoms with Crippen molar-refractivity contribution in [3.63, 3.8) is 0 Å². The predicted octanol–water partition coefficient (Wildman–Crippen LogP) is 5.30. The Hall–Kier alpha value is -3.10. The Morgan fingerprint density at radius 1 is 1.10 bits per heavy atom.